The largest absolute Gasteiger partial charge is 0.493 e. The van der Waals surface area contributed by atoms with Crippen LogP contribution < -0.4 is 14.4 Å². The Hall–Kier alpha value is -2.99. The normalized spacial score (nSPS) is 17.8. The number of carbonyl (C=O) groups excluding carboxylic acids is 1. The first-order valence-corrected chi connectivity index (χ1v) is 11.3. The number of hydrogen-bond donors (Lipinski definition) is 0. The second-order valence-electron chi connectivity index (χ2n) is 8.32. The monoisotopic (exact) mass is 436 g/mol. The molecular formula is C26H32N2O4. The van der Waals surface area contributed by atoms with E-state index < -0.39 is 0 Å². The molecule has 6 nitrogen and oxygen atoms in total. The van der Waals surface area contributed by atoms with Crippen molar-refractivity contribution >= 4 is 17.7 Å². The molecule has 32 heavy (non-hydrogen) atoms. The first-order valence-electron chi connectivity index (χ1n) is 11.3. The fourth-order valence-electron chi connectivity index (χ4n) is 4.24. The number of morpholine rings is 1. The van der Waals surface area contributed by atoms with E-state index in [0.717, 1.165) is 60.9 Å². The van der Waals surface area contributed by atoms with Crippen molar-refractivity contribution in [1.29, 1.82) is 0 Å². The molecule has 2 heterocycles. The molecule has 170 valence electrons. The van der Waals surface area contributed by atoms with E-state index in [0.29, 0.717) is 13.2 Å². The van der Waals surface area contributed by atoms with Crippen LogP contribution in [0.4, 0.5) is 5.69 Å². The van der Waals surface area contributed by atoms with Crippen molar-refractivity contribution in [1.82, 2.24) is 4.90 Å². The van der Waals surface area contributed by atoms with Crippen LogP contribution in [0.3, 0.4) is 0 Å². The summed E-state index contributed by atoms with van der Waals surface area (Å²) in [5.41, 5.74) is 4.31. The SMILES string of the molecule is CCOc1cc2c(cc1/C=C/C(=O)N(C)Cc1ccccc1N1CCOCC1)OC(C)C2. The summed E-state index contributed by atoms with van der Waals surface area (Å²) < 4.78 is 17.2. The van der Waals surface area contributed by atoms with Gasteiger partial charge in [-0.2, -0.15) is 0 Å². The van der Waals surface area contributed by atoms with Crippen LogP contribution in [0, 0.1) is 0 Å². The number of benzene rings is 2. The lowest BCUT2D eigenvalue weighted by atomic mass is 10.1. The Morgan fingerprint density at radius 3 is 2.81 bits per heavy atom. The molecule has 2 aliphatic heterocycles. The molecule has 2 aromatic carbocycles. The summed E-state index contributed by atoms with van der Waals surface area (Å²) in [5.74, 6) is 1.60. The Bertz CT molecular complexity index is 982. The van der Waals surface area contributed by atoms with Crippen LogP contribution >= 0.6 is 0 Å². The summed E-state index contributed by atoms with van der Waals surface area (Å²) in [6, 6.07) is 12.3. The van der Waals surface area contributed by atoms with Crippen molar-refractivity contribution in [2.75, 3.05) is 44.9 Å². The van der Waals surface area contributed by atoms with Gasteiger partial charge in [0, 0.05) is 56.0 Å². The first-order chi connectivity index (χ1) is 15.5. The number of ether oxygens (including phenoxy) is 3. The molecule has 6 heteroatoms. The molecular weight excluding hydrogens is 404 g/mol. The number of likely N-dealkylation sites (N-methyl/N-ethyl adjacent to an activating group) is 1. The van der Waals surface area contributed by atoms with Crippen molar-refractivity contribution in [3.8, 4) is 11.5 Å². The summed E-state index contributed by atoms with van der Waals surface area (Å²) in [6.45, 7) is 8.34. The average molecular weight is 437 g/mol. The van der Waals surface area contributed by atoms with Gasteiger partial charge in [-0.1, -0.05) is 18.2 Å². The minimum atomic E-state index is -0.0565. The molecule has 0 radical (unpaired) electrons. The molecule has 1 fully saturated rings. The van der Waals surface area contributed by atoms with E-state index in [-0.39, 0.29) is 12.0 Å². The Labute approximate surface area is 190 Å². The van der Waals surface area contributed by atoms with Gasteiger partial charge in [0.2, 0.25) is 5.91 Å². The maximum atomic E-state index is 12.9. The quantitative estimate of drug-likeness (QED) is 0.616. The lowest BCUT2D eigenvalue weighted by Gasteiger charge is -2.31. The molecule has 1 amide bonds. The van der Waals surface area contributed by atoms with Gasteiger partial charge in [-0.3, -0.25) is 4.79 Å². The predicted octanol–water partition coefficient (Wildman–Crippen LogP) is 3.92. The molecule has 1 unspecified atom stereocenters. The minimum Gasteiger partial charge on any atom is -0.493 e. The van der Waals surface area contributed by atoms with Gasteiger partial charge < -0.3 is 24.0 Å². The molecule has 0 bridgehead atoms. The number of hydrogen-bond acceptors (Lipinski definition) is 5. The van der Waals surface area contributed by atoms with E-state index >= 15 is 0 Å². The van der Waals surface area contributed by atoms with Gasteiger partial charge in [0.15, 0.2) is 0 Å². The topological polar surface area (TPSA) is 51.2 Å². The van der Waals surface area contributed by atoms with Crippen molar-refractivity contribution < 1.29 is 19.0 Å². The van der Waals surface area contributed by atoms with Crippen LogP contribution in [0.2, 0.25) is 0 Å². The number of anilines is 1. The van der Waals surface area contributed by atoms with E-state index in [1.807, 2.05) is 44.3 Å². The summed E-state index contributed by atoms with van der Waals surface area (Å²) >= 11 is 0. The van der Waals surface area contributed by atoms with Gasteiger partial charge in [-0.25, -0.2) is 0 Å². The van der Waals surface area contributed by atoms with Crippen LogP contribution in [-0.4, -0.2) is 56.9 Å². The molecule has 0 saturated carbocycles. The van der Waals surface area contributed by atoms with Crippen LogP contribution in [0.15, 0.2) is 42.5 Å². The number of fused-ring (bicyclic) bond motifs is 1. The maximum Gasteiger partial charge on any atom is 0.246 e. The number of carbonyl (C=O) groups is 1. The van der Waals surface area contributed by atoms with Crippen molar-refractivity contribution in [3.05, 3.63) is 59.2 Å². The van der Waals surface area contributed by atoms with Gasteiger partial charge >= 0.3 is 0 Å². The highest BCUT2D eigenvalue weighted by atomic mass is 16.5. The fraction of sp³-hybridized carbons (Fsp3) is 0.423. The second-order valence-corrected chi connectivity index (χ2v) is 8.32. The number of rotatable bonds is 7. The van der Waals surface area contributed by atoms with E-state index in [1.165, 1.54) is 5.69 Å². The van der Waals surface area contributed by atoms with Crippen molar-refractivity contribution in [3.63, 3.8) is 0 Å². The Morgan fingerprint density at radius 2 is 2.03 bits per heavy atom. The van der Waals surface area contributed by atoms with E-state index in [4.69, 9.17) is 14.2 Å². The van der Waals surface area contributed by atoms with Gasteiger partial charge in [-0.15, -0.1) is 0 Å². The maximum absolute atomic E-state index is 12.9. The predicted molar refractivity (Wildman–Crippen MR) is 126 cm³/mol. The third-order valence-corrected chi connectivity index (χ3v) is 5.86. The second kappa shape index (κ2) is 10.1. The minimum absolute atomic E-state index is 0.0565. The van der Waals surface area contributed by atoms with Crippen molar-refractivity contribution in [2.45, 2.75) is 32.9 Å². The summed E-state index contributed by atoms with van der Waals surface area (Å²) in [7, 11) is 1.83. The Morgan fingerprint density at radius 1 is 1.25 bits per heavy atom. The molecule has 0 N–H and O–H groups in total. The van der Waals surface area contributed by atoms with E-state index in [1.54, 1.807) is 11.0 Å². The lowest BCUT2D eigenvalue weighted by molar-refractivity contribution is -0.125. The van der Waals surface area contributed by atoms with E-state index in [2.05, 4.69) is 24.0 Å². The zero-order valence-electron chi connectivity index (χ0n) is 19.2. The molecule has 1 atom stereocenters. The summed E-state index contributed by atoms with van der Waals surface area (Å²) in [5, 5.41) is 0. The molecule has 1 saturated heterocycles. The van der Waals surface area contributed by atoms with E-state index in [9.17, 15) is 4.79 Å². The average Bonchev–Trinajstić information content (AvgIpc) is 3.17. The zero-order chi connectivity index (χ0) is 22.5. The Kier molecular flexibility index (Phi) is 7.00. The third-order valence-electron chi connectivity index (χ3n) is 5.86. The van der Waals surface area contributed by atoms with Crippen molar-refractivity contribution in [2.24, 2.45) is 0 Å². The first kappa shape index (κ1) is 22.2. The van der Waals surface area contributed by atoms with Crippen LogP contribution in [-0.2, 0) is 22.5 Å². The van der Waals surface area contributed by atoms with Crippen LogP contribution in [0.25, 0.3) is 6.08 Å². The molecule has 0 aliphatic carbocycles. The summed E-state index contributed by atoms with van der Waals surface area (Å²) in [4.78, 5) is 17.0. The highest BCUT2D eigenvalue weighted by Gasteiger charge is 2.21. The molecule has 2 aromatic rings. The molecule has 0 aromatic heterocycles. The summed E-state index contributed by atoms with van der Waals surface area (Å²) in [6.07, 6.45) is 4.48. The van der Waals surface area contributed by atoms with Crippen LogP contribution in [0.5, 0.6) is 11.5 Å². The smallest absolute Gasteiger partial charge is 0.246 e. The van der Waals surface area contributed by atoms with Gasteiger partial charge in [-0.05, 0) is 43.7 Å². The Balaban J connectivity index is 1.47. The zero-order valence-corrected chi connectivity index (χ0v) is 19.2. The number of amides is 1. The fourth-order valence-corrected chi connectivity index (χ4v) is 4.24. The molecule has 0 spiro atoms. The molecule has 4 rings (SSSR count). The van der Waals surface area contributed by atoms with Gasteiger partial charge in [0.1, 0.15) is 17.6 Å². The highest BCUT2D eigenvalue weighted by molar-refractivity contribution is 5.92. The van der Waals surface area contributed by atoms with Crippen LogP contribution in [0.1, 0.15) is 30.5 Å². The number of nitrogens with zero attached hydrogens (tertiary/aromatic N) is 2. The molecule has 2 aliphatic rings. The number of para-hydroxylation sites is 1. The third kappa shape index (κ3) is 5.07. The lowest BCUT2D eigenvalue weighted by Crippen LogP contribution is -2.37. The standard InChI is InChI=1S/C26H32N2O4/c1-4-31-24-17-22-15-19(2)32-25(22)16-20(24)9-10-26(29)27(3)18-21-7-5-6-8-23(21)28-11-13-30-14-12-28/h5-10,16-17,19H,4,11-15,18H2,1-3H3/b10-9+. The highest BCUT2D eigenvalue weighted by Crippen LogP contribution is 2.35. The van der Waals surface area contributed by atoms with Gasteiger partial charge in [0.05, 0.1) is 19.8 Å². The van der Waals surface area contributed by atoms with Gasteiger partial charge in [0.25, 0.3) is 0 Å².